The van der Waals surface area contributed by atoms with Crippen LogP contribution >= 0.6 is 0 Å². The molecule has 0 radical (unpaired) electrons. The van der Waals surface area contributed by atoms with Crippen LogP contribution in [-0.2, 0) is 14.8 Å². The van der Waals surface area contributed by atoms with Crippen LogP contribution in [0.15, 0.2) is 23.1 Å². The highest BCUT2D eigenvalue weighted by Gasteiger charge is 2.42. The maximum atomic E-state index is 13.2. The van der Waals surface area contributed by atoms with Crippen molar-refractivity contribution in [3.8, 4) is 6.07 Å². The quantitative estimate of drug-likeness (QED) is 0.822. The van der Waals surface area contributed by atoms with E-state index in [-0.39, 0.29) is 22.6 Å². The van der Waals surface area contributed by atoms with Crippen molar-refractivity contribution in [3.63, 3.8) is 0 Å². The van der Waals surface area contributed by atoms with Crippen LogP contribution in [0.4, 0.5) is 4.39 Å². The number of nitrogens with two attached hydrogens (primary N) is 1. The number of rotatable bonds is 5. The lowest BCUT2D eigenvalue weighted by atomic mass is 9.84. The van der Waals surface area contributed by atoms with Gasteiger partial charge >= 0.3 is 0 Å². The SMILES string of the molecule is CCOC1CC(N)C1NS(=O)(=O)c1ccc(F)c(C#N)c1. The van der Waals surface area contributed by atoms with E-state index in [1.54, 1.807) is 6.07 Å². The molecule has 1 aromatic rings. The van der Waals surface area contributed by atoms with E-state index in [4.69, 9.17) is 15.7 Å². The Kier molecular flexibility index (Phi) is 4.58. The van der Waals surface area contributed by atoms with E-state index >= 15 is 0 Å². The molecule has 3 N–H and O–H groups in total. The second-order valence-corrected chi connectivity index (χ2v) is 6.51. The molecule has 114 valence electrons. The maximum Gasteiger partial charge on any atom is 0.241 e. The fraction of sp³-hybridized carbons (Fsp3) is 0.462. The topological polar surface area (TPSA) is 105 Å². The first-order chi connectivity index (χ1) is 9.89. The standard InChI is InChI=1S/C13H16FN3O3S/c1-2-20-12-6-11(16)13(12)17-21(18,19)9-3-4-10(14)8(5-9)7-15/h3-5,11-13,17H,2,6,16H2,1H3. The van der Waals surface area contributed by atoms with Gasteiger partial charge in [0.2, 0.25) is 10.0 Å². The summed E-state index contributed by atoms with van der Waals surface area (Å²) in [5, 5.41) is 8.76. The van der Waals surface area contributed by atoms with E-state index in [1.165, 1.54) is 0 Å². The third-order valence-electron chi connectivity index (χ3n) is 3.41. The van der Waals surface area contributed by atoms with Gasteiger partial charge in [-0.25, -0.2) is 17.5 Å². The highest BCUT2D eigenvalue weighted by Crippen LogP contribution is 2.25. The van der Waals surface area contributed by atoms with E-state index in [9.17, 15) is 12.8 Å². The van der Waals surface area contributed by atoms with Gasteiger partial charge in [0, 0.05) is 12.6 Å². The van der Waals surface area contributed by atoms with Crippen LogP contribution < -0.4 is 10.5 Å². The number of hydrogen-bond donors (Lipinski definition) is 2. The largest absolute Gasteiger partial charge is 0.377 e. The molecule has 2 rings (SSSR count). The number of hydrogen-bond acceptors (Lipinski definition) is 5. The molecule has 0 bridgehead atoms. The Hall–Kier alpha value is -1.53. The predicted molar refractivity (Wildman–Crippen MR) is 73.2 cm³/mol. The summed E-state index contributed by atoms with van der Waals surface area (Å²) < 4.78 is 45.6. The summed E-state index contributed by atoms with van der Waals surface area (Å²) in [5.74, 6) is -0.760. The van der Waals surface area contributed by atoms with E-state index < -0.39 is 21.9 Å². The van der Waals surface area contributed by atoms with Crippen LogP contribution in [0.1, 0.15) is 18.9 Å². The van der Waals surface area contributed by atoms with Crippen molar-refractivity contribution in [2.45, 2.75) is 36.4 Å². The molecule has 6 nitrogen and oxygen atoms in total. The second-order valence-electron chi connectivity index (χ2n) is 4.79. The number of halogens is 1. The van der Waals surface area contributed by atoms with Gasteiger partial charge in [-0.1, -0.05) is 0 Å². The molecule has 8 heteroatoms. The molecule has 0 aromatic heterocycles. The smallest absolute Gasteiger partial charge is 0.241 e. The fourth-order valence-electron chi connectivity index (χ4n) is 2.19. The minimum Gasteiger partial charge on any atom is -0.377 e. The summed E-state index contributed by atoms with van der Waals surface area (Å²) in [6, 6.07) is 3.82. The van der Waals surface area contributed by atoms with Crippen LogP contribution in [0, 0.1) is 17.1 Å². The van der Waals surface area contributed by atoms with Crippen molar-refractivity contribution >= 4 is 10.0 Å². The number of ether oxygens (including phenoxy) is 1. The lowest BCUT2D eigenvalue weighted by Gasteiger charge is -2.42. The number of nitriles is 1. The molecule has 0 aliphatic heterocycles. The summed E-state index contributed by atoms with van der Waals surface area (Å²) in [7, 11) is -3.88. The molecule has 1 saturated carbocycles. The summed E-state index contributed by atoms with van der Waals surface area (Å²) in [5.41, 5.74) is 5.47. The van der Waals surface area contributed by atoms with Gasteiger partial charge in [0.25, 0.3) is 0 Å². The predicted octanol–water partition coefficient (Wildman–Crippen LogP) is 0.480. The fourth-order valence-corrected chi connectivity index (χ4v) is 3.54. The molecule has 0 amide bonds. The molecule has 0 heterocycles. The molecule has 1 aliphatic rings. The molecule has 1 aliphatic carbocycles. The molecule has 1 fully saturated rings. The van der Waals surface area contributed by atoms with Crippen molar-refractivity contribution in [2.75, 3.05) is 6.61 Å². The highest BCUT2D eigenvalue weighted by molar-refractivity contribution is 7.89. The molecule has 3 unspecified atom stereocenters. The molecule has 0 spiro atoms. The zero-order valence-corrected chi connectivity index (χ0v) is 12.2. The van der Waals surface area contributed by atoms with Crippen LogP contribution in [0.3, 0.4) is 0 Å². The molecular formula is C13H16FN3O3S. The first kappa shape index (κ1) is 15.9. The molecule has 1 aromatic carbocycles. The van der Waals surface area contributed by atoms with Crippen LogP contribution in [0.25, 0.3) is 0 Å². The minimum atomic E-state index is -3.88. The average Bonchev–Trinajstić information content (AvgIpc) is 2.45. The van der Waals surface area contributed by atoms with Crippen molar-refractivity contribution < 1.29 is 17.5 Å². The summed E-state index contributed by atoms with van der Waals surface area (Å²) in [4.78, 5) is -0.171. The van der Waals surface area contributed by atoms with Gasteiger partial charge in [0.05, 0.1) is 22.6 Å². The normalized spacial score (nSPS) is 25.1. The first-order valence-corrected chi connectivity index (χ1v) is 7.96. The second kappa shape index (κ2) is 6.07. The molecule has 0 saturated heterocycles. The van der Waals surface area contributed by atoms with E-state index in [1.807, 2.05) is 6.92 Å². The Morgan fingerprint density at radius 2 is 2.29 bits per heavy atom. The summed E-state index contributed by atoms with van der Waals surface area (Å²) in [6.07, 6.45) is 0.309. The lowest BCUT2D eigenvalue weighted by Crippen LogP contribution is -2.64. The Labute approximate surface area is 122 Å². The molecular weight excluding hydrogens is 297 g/mol. The highest BCUT2D eigenvalue weighted by atomic mass is 32.2. The first-order valence-electron chi connectivity index (χ1n) is 6.48. The van der Waals surface area contributed by atoms with Gasteiger partial charge < -0.3 is 10.5 Å². The average molecular weight is 313 g/mol. The Morgan fingerprint density at radius 3 is 2.86 bits per heavy atom. The van der Waals surface area contributed by atoms with Crippen LogP contribution in [0.2, 0.25) is 0 Å². The van der Waals surface area contributed by atoms with E-state index in [2.05, 4.69) is 4.72 Å². The van der Waals surface area contributed by atoms with Crippen molar-refractivity contribution in [1.29, 1.82) is 5.26 Å². The summed E-state index contributed by atoms with van der Waals surface area (Å²) in [6.45, 7) is 2.28. The van der Waals surface area contributed by atoms with Gasteiger partial charge in [-0.15, -0.1) is 0 Å². The van der Waals surface area contributed by atoms with Gasteiger partial charge in [-0.2, -0.15) is 5.26 Å². The zero-order valence-electron chi connectivity index (χ0n) is 11.4. The van der Waals surface area contributed by atoms with Crippen molar-refractivity contribution in [1.82, 2.24) is 4.72 Å². The maximum absolute atomic E-state index is 13.2. The van der Waals surface area contributed by atoms with Crippen molar-refractivity contribution in [2.24, 2.45) is 5.73 Å². The Balaban J connectivity index is 2.21. The molecule has 21 heavy (non-hydrogen) atoms. The number of benzene rings is 1. The Bertz CT molecular complexity index is 670. The third kappa shape index (κ3) is 3.22. The number of sulfonamides is 1. The van der Waals surface area contributed by atoms with Crippen LogP contribution in [-0.4, -0.2) is 33.2 Å². The zero-order chi connectivity index (χ0) is 15.6. The van der Waals surface area contributed by atoms with E-state index in [0.29, 0.717) is 13.0 Å². The number of nitrogens with zero attached hydrogens (tertiary/aromatic N) is 1. The van der Waals surface area contributed by atoms with Gasteiger partial charge in [0.15, 0.2) is 0 Å². The monoisotopic (exact) mass is 313 g/mol. The van der Waals surface area contributed by atoms with Gasteiger partial charge in [-0.3, -0.25) is 0 Å². The van der Waals surface area contributed by atoms with Crippen molar-refractivity contribution in [3.05, 3.63) is 29.6 Å². The van der Waals surface area contributed by atoms with Crippen LogP contribution in [0.5, 0.6) is 0 Å². The number of nitrogens with one attached hydrogen (secondary N) is 1. The summed E-state index contributed by atoms with van der Waals surface area (Å²) >= 11 is 0. The van der Waals surface area contributed by atoms with Gasteiger partial charge in [-0.05, 0) is 31.5 Å². The lowest BCUT2D eigenvalue weighted by molar-refractivity contribution is -0.0248. The molecule has 3 atom stereocenters. The van der Waals surface area contributed by atoms with Gasteiger partial charge in [0.1, 0.15) is 11.9 Å². The Morgan fingerprint density at radius 1 is 1.57 bits per heavy atom. The third-order valence-corrected chi connectivity index (χ3v) is 4.86. The van der Waals surface area contributed by atoms with E-state index in [0.717, 1.165) is 18.2 Å². The minimum absolute atomic E-state index is 0.171.